The fourth-order valence-electron chi connectivity index (χ4n) is 3.54. The summed E-state index contributed by atoms with van der Waals surface area (Å²) in [5.41, 5.74) is 0. The number of rotatable bonds is 22. The summed E-state index contributed by atoms with van der Waals surface area (Å²) in [5.74, 6) is 1.99. The van der Waals surface area contributed by atoms with Crippen molar-refractivity contribution in [1.82, 2.24) is 0 Å². The molecule has 0 heterocycles. The summed E-state index contributed by atoms with van der Waals surface area (Å²) in [6.45, 7) is 14.0. The van der Waals surface area contributed by atoms with Crippen molar-refractivity contribution in [3.8, 4) is 0 Å². The predicted molar refractivity (Wildman–Crippen MR) is 146 cm³/mol. The second-order valence-electron chi connectivity index (χ2n) is 11.1. The summed E-state index contributed by atoms with van der Waals surface area (Å²) in [7, 11) is -1.73. The van der Waals surface area contributed by atoms with Crippen molar-refractivity contribution >= 4 is 20.1 Å². The van der Waals surface area contributed by atoms with Crippen LogP contribution in [0, 0.1) is 0 Å². The quantitative estimate of drug-likeness (QED) is 0.125. The van der Waals surface area contributed by atoms with Crippen molar-refractivity contribution in [2.45, 2.75) is 155 Å². The van der Waals surface area contributed by atoms with Gasteiger partial charge >= 0.3 is 0 Å². The molecule has 0 aromatic carbocycles. The van der Waals surface area contributed by atoms with Gasteiger partial charge in [-0.05, 0) is 30.3 Å². The molecule has 0 saturated heterocycles. The van der Waals surface area contributed by atoms with E-state index in [0.29, 0.717) is 6.61 Å². The Bertz CT molecular complexity index is 382. The molecule has 0 amide bonds. The molecule has 0 aliphatic carbocycles. The fourth-order valence-corrected chi connectivity index (χ4v) is 5.53. The monoisotopic (exact) mass is 474 g/mol. The molecular weight excluding hydrogens is 416 g/mol. The van der Waals surface area contributed by atoms with Gasteiger partial charge in [-0.1, -0.05) is 124 Å². The Morgan fingerprint density at radius 2 is 1.10 bits per heavy atom. The molecule has 0 saturated carbocycles. The van der Waals surface area contributed by atoms with Crippen LogP contribution in [0.5, 0.6) is 0 Å². The van der Waals surface area contributed by atoms with Crippen LogP contribution in [0.15, 0.2) is 0 Å². The number of thioether (sulfide) groups is 1. The third-order valence-corrected chi connectivity index (χ3v) is 12.6. The minimum absolute atomic E-state index is 0.216. The number of hydrogen-bond acceptors (Lipinski definition) is 3. The Labute approximate surface area is 202 Å². The molecule has 0 aliphatic rings. The molecule has 0 aliphatic heterocycles. The highest BCUT2D eigenvalue weighted by molar-refractivity contribution is 7.99. The summed E-state index contributed by atoms with van der Waals surface area (Å²) >= 11 is 1.89. The third-order valence-electron chi connectivity index (χ3n) is 6.90. The van der Waals surface area contributed by atoms with Gasteiger partial charge in [-0.2, -0.15) is 11.8 Å². The third kappa shape index (κ3) is 19.6. The number of aliphatic hydroxyl groups is 1. The van der Waals surface area contributed by atoms with Crippen LogP contribution in [0.2, 0.25) is 18.1 Å². The molecule has 0 unspecified atom stereocenters. The highest BCUT2D eigenvalue weighted by Gasteiger charge is 2.37. The first-order valence-electron chi connectivity index (χ1n) is 13.6. The molecular formula is C27H58O2SSi. The van der Waals surface area contributed by atoms with Crippen LogP contribution in [0.25, 0.3) is 0 Å². The lowest BCUT2D eigenvalue weighted by atomic mass is 10.0. The van der Waals surface area contributed by atoms with Gasteiger partial charge in [0.15, 0.2) is 8.32 Å². The van der Waals surface area contributed by atoms with Crippen molar-refractivity contribution < 1.29 is 9.53 Å². The van der Waals surface area contributed by atoms with Gasteiger partial charge < -0.3 is 9.53 Å². The van der Waals surface area contributed by atoms with Crippen molar-refractivity contribution in [3.63, 3.8) is 0 Å². The van der Waals surface area contributed by atoms with Crippen molar-refractivity contribution in [3.05, 3.63) is 0 Å². The molecule has 0 aromatic rings. The zero-order chi connectivity index (χ0) is 23.4. The van der Waals surface area contributed by atoms with E-state index >= 15 is 0 Å². The van der Waals surface area contributed by atoms with Gasteiger partial charge in [-0.25, -0.2) is 0 Å². The van der Waals surface area contributed by atoms with Gasteiger partial charge in [0.25, 0.3) is 0 Å². The second kappa shape index (κ2) is 19.9. The highest BCUT2D eigenvalue weighted by Crippen LogP contribution is 2.36. The molecule has 4 heteroatoms. The van der Waals surface area contributed by atoms with Crippen molar-refractivity contribution in [2.75, 3.05) is 18.1 Å². The van der Waals surface area contributed by atoms with E-state index in [1.54, 1.807) is 0 Å². The molecule has 0 fully saturated rings. The number of unbranched alkanes of at least 4 members (excludes halogenated alkanes) is 15. The van der Waals surface area contributed by atoms with Gasteiger partial charge in [0.2, 0.25) is 0 Å². The van der Waals surface area contributed by atoms with Crippen LogP contribution in [-0.4, -0.2) is 37.6 Å². The molecule has 1 N–H and O–H groups in total. The van der Waals surface area contributed by atoms with Crippen molar-refractivity contribution in [1.29, 1.82) is 0 Å². The second-order valence-corrected chi connectivity index (χ2v) is 17.1. The minimum atomic E-state index is -1.73. The molecule has 0 aromatic heterocycles. The van der Waals surface area contributed by atoms with E-state index in [2.05, 4.69) is 40.8 Å². The smallest absolute Gasteiger partial charge is 0.192 e. The lowest BCUT2D eigenvalue weighted by molar-refractivity contribution is 0.118. The summed E-state index contributed by atoms with van der Waals surface area (Å²) < 4.78 is 6.12. The molecule has 0 bridgehead atoms. The van der Waals surface area contributed by atoms with Crippen LogP contribution >= 0.6 is 11.8 Å². The Hall–Kier alpha value is 0.487. The van der Waals surface area contributed by atoms with E-state index in [1.807, 2.05) is 11.8 Å². The van der Waals surface area contributed by atoms with Crippen LogP contribution in [0.3, 0.4) is 0 Å². The van der Waals surface area contributed by atoms with Gasteiger partial charge in [0.1, 0.15) is 0 Å². The zero-order valence-corrected chi connectivity index (χ0v) is 24.1. The number of hydrogen-bond donors (Lipinski definition) is 1. The Kier molecular flexibility index (Phi) is 20.2. The first-order chi connectivity index (χ1) is 14.7. The normalized spacial score (nSPS) is 13.6. The maximum absolute atomic E-state index is 10.2. The van der Waals surface area contributed by atoms with Crippen molar-refractivity contribution in [2.24, 2.45) is 0 Å². The first-order valence-corrected chi connectivity index (χ1v) is 17.7. The maximum Gasteiger partial charge on any atom is 0.192 e. The Morgan fingerprint density at radius 3 is 1.48 bits per heavy atom. The SMILES string of the molecule is CCCCCCCCCCCCCCCCCCSC[C@H](O)CO[Si](C)(C)C(C)(C)C. The molecule has 31 heavy (non-hydrogen) atoms. The van der Waals surface area contributed by atoms with Gasteiger partial charge in [0.05, 0.1) is 12.7 Å². The summed E-state index contributed by atoms with van der Waals surface area (Å²) in [4.78, 5) is 0. The standard InChI is InChI=1S/C27H58O2SSi/c1-7-8-9-10-11-12-13-14-15-16-17-18-19-20-21-22-23-30-25-26(28)24-29-31(5,6)27(2,3)4/h26,28H,7-25H2,1-6H3/t26-/m1/s1. The topological polar surface area (TPSA) is 29.5 Å². The molecule has 0 radical (unpaired) electrons. The van der Waals surface area contributed by atoms with E-state index < -0.39 is 8.32 Å². The highest BCUT2D eigenvalue weighted by atomic mass is 32.2. The molecule has 0 spiro atoms. The first kappa shape index (κ1) is 31.5. The van der Waals surface area contributed by atoms with Gasteiger partial charge in [-0.15, -0.1) is 0 Å². The van der Waals surface area contributed by atoms with Crippen LogP contribution in [-0.2, 0) is 4.43 Å². The average molecular weight is 475 g/mol. The van der Waals surface area contributed by atoms with Crippen LogP contribution < -0.4 is 0 Å². The summed E-state index contributed by atoms with van der Waals surface area (Å²) in [6, 6.07) is 0. The van der Waals surface area contributed by atoms with Crippen LogP contribution in [0.4, 0.5) is 0 Å². The van der Waals surface area contributed by atoms with E-state index in [4.69, 9.17) is 4.43 Å². The fraction of sp³-hybridized carbons (Fsp3) is 1.00. The van der Waals surface area contributed by atoms with Gasteiger partial charge in [-0.3, -0.25) is 0 Å². The summed E-state index contributed by atoms with van der Waals surface area (Å²) in [6.07, 6.45) is 22.4. The Balaban J connectivity index is 3.30. The van der Waals surface area contributed by atoms with E-state index in [9.17, 15) is 5.11 Å². The number of aliphatic hydroxyl groups excluding tert-OH is 1. The van der Waals surface area contributed by atoms with E-state index in [0.717, 1.165) is 5.75 Å². The maximum atomic E-state index is 10.2. The molecule has 2 nitrogen and oxygen atoms in total. The Morgan fingerprint density at radius 1 is 0.710 bits per heavy atom. The predicted octanol–water partition coefficient (Wildman–Crippen LogP) is 9.36. The lowest BCUT2D eigenvalue weighted by Gasteiger charge is -2.36. The average Bonchev–Trinajstić information content (AvgIpc) is 2.70. The lowest BCUT2D eigenvalue weighted by Crippen LogP contribution is -2.42. The largest absolute Gasteiger partial charge is 0.414 e. The van der Waals surface area contributed by atoms with E-state index in [-0.39, 0.29) is 11.1 Å². The van der Waals surface area contributed by atoms with Gasteiger partial charge in [0, 0.05) is 5.75 Å². The molecule has 1 atom stereocenters. The van der Waals surface area contributed by atoms with Crippen LogP contribution in [0.1, 0.15) is 130 Å². The molecule has 188 valence electrons. The summed E-state index contributed by atoms with van der Waals surface area (Å²) in [5, 5.41) is 10.4. The molecule has 0 rings (SSSR count). The minimum Gasteiger partial charge on any atom is -0.414 e. The zero-order valence-electron chi connectivity index (χ0n) is 22.3. The van der Waals surface area contributed by atoms with E-state index in [1.165, 1.54) is 108 Å².